The van der Waals surface area contributed by atoms with Crippen LogP contribution in [0.15, 0.2) is 23.0 Å². The summed E-state index contributed by atoms with van der Waals surface area (Å²) >= 11 is 0. The first-order valence-electron chi connectivity index (χ1n) is 7.24. The zero-order valence-electron chi connectivity index (χ0n) is 12.1. The number of carbonyl (C=O) groups excluding carboxylic acids is 3. The van der Waals surface area contributed by atoms with Gasteiger partial charge < -0.3 is 0 Å². The van der Waals surface area contributed by atoms with E-state index < -0.39 is 25.4 Å². The second-order valence-corrected chi connectivity index (χ2v) is 7.45. The van der Waals surface area contributed by atoms with Crippen LogP contribution in [0.3, 0.4) is 0 Å². The lowest BCUT2D eigenvalue weighted by Crippen LogP contribution is -2.41. The number of Topliss-reactive ketones (excluding diaryl/α,β-unsaturated/α-hetero) is 3. The molecule has 4 nitrogen and oxygen atoms in total. The van der Waals surface area contributed by atoms with E-state index in [2.05, 4.69) is 13.8 Å². The van der Waals surface area contributed by atoms with Gasteiger partial charge in [-0.3, -0.25) is 18.9 Å². The van der Waals surface area contributed by atoms with Crippen LogP contribution >= 0.6 is 8.46 Å². The van der Waals surface area contributed by atoms with Gasteiger partial charge in [-0.2, -0.15) is 0 Å². The van der Waals surface area contributed by atoms with Crippen LogP contribution in [0, 0.1) is 16.7 Å². The van der Waals surface area contributed by atoms with E-state index in [1.807, 2.05) is 0 Å². The molecule has 0 aliphatic heterocycles. The Balaban J connectivity index is 2.02. The molecule has 0 unspecified atom stereocenters. The highest BCUT2D eigenvalue weighted by Crippen LogP contribution is 2.66. The van der Waals surface area contributed by atoms with Crippen LogP contribution in [0.4, 0.5) is 0 Å². The molecule has 3 aliphatic carbocycles. The van der Waals surface area contributed by atoms with Crippen LogP contribution in [0.25, 0.3) is 0 Å². The Morgan fingerprint density at radius 3 is 2.24 bits per heavy atom. The molecule has 21 heavy (non-hydrogen) atoms. The molecule has 0 radical (unpaired) electrons. The average Bonchev–Trinajstić information content (AvgIpc) is 2.88. The van der Waals surface area contributed by atoms with E-state index in [0.717, 1.165) is 25.7 Å². The first-order valence-corrected chi connectivity index (χ1v) is 8.05. The standard InChI is InChI=1S/C16H17O4P/c1-15(2)9-5-7-16(15,8-6-9)14(19)10-3-4-11(21-20)13(18)12(10)17/h3-4,9H,5-8H2,1-2H3. The van der Waals surface area contributed by atoms with Crippen LogP contribution in [0.2, 0.25) is 0 Å². The largest absolute Gasteiger partial charge is 0.293 e. The summed E-state index contributed by atoms with van der Waals surface area (Å²) in [5.74, 6) is -1.30. The summed E-state index contributed by atoms with van der Waals surface area (Å²) in [6.45, 7) is 4.20. The van der Waals surface area contributed by atoms with E-state index in [-0.39, 0.29) is 22.1 Å². The van der Waals surface area contributed by atoms with Gasteiger partial charge in [0.25, 0.3) is 0 Å². The Labute approximate surface area is 124 Å². The molecule has 0 spiro atoms. The third-order valence-corrected chi connectivity index (χ3v) is 6.51. The molecular formula is C16H17O4P. The monoisotopic (exact) mass is 304 g/mol. The molecule has 2 fully saturated rings. The van der Waals surface area contributed by atoms with Gasteiger partial charge in [0.05, 0.1) is 10.9 Å². The number of hydrogen-bond acceptors (Lipinski definition) is 4. The van der Waals surface area contributed by atoms with E-state index in [4.69, 9.17) is 0 Å². The Morgan fingerprint density at radius 2 is 1.76 bits per heavy atom. The fourth-order valence-electron chi connectivity index (χ4n) is 4.45. The smallest absolute Gasteiger partial charge is 0.241 e. The molecule has 0 atom stereocenters. The molecule has 3 rings (SSSR count). The Hall–Kier alpha value is -1.41. The third kappa shape index (κ3) is 1.72. The van der Waals surface area contributed by atoms with Crippen molar-refractivity contribution in [2.75, 3.05) is 0 Å². The molecule has 0 heterocycles. The summed E-state index contributed by atoms with van der Waals surface area (Å²) in [6, 6.07) is 0. The minimum atomic E-state index is -0.820. The number of hydrogen-bond donors (Lipinski definition) is 0. The molecule has 2 bridgehead atoms. The maximum Gasteiger partial charge on any atom is 0.241 e. The van der Waals surface area contributed by atoms with E-state index >= 15 is 0 Å². The minimum Gasteiger partial charge on any atom is -0.293 e. The fourth-order valence-corrected chi connectivity index (χ4v) is 4.77. The van der Waals surface area contributed by atoms with Crippen LogP contribution in [0.1, 0.15) is 39.5 Å². The second-order valence-electron chi connectivity index (χ2n) is 6.79. The van der Waals surface area contributed by atoms with Gasteiger partial charge in [-0.25, -0.2) is 0 Å². The number of ketones is 3. The van der Waals surface area contributed by atoms with Crippen LogP contribution < -0.4 is 0 Å². The Morgan fingerprint density at radius 1 is 1.14 bits per heavy atom. The minimum absolute atomic E-state index is 0.0250. The maximum absolute atomic E-state index is 13.0. The molecule has 110 valence electrons. The topological polar surface area (TPSA) is 68.3 Å². The predicted octanol–water partition coefficient (Wildman–Crippen LogP) is 3.03. The lowest BCUT2D eigenvalue weighted by atomic mass is 9.64. The number of allylic oxidation sites excluding steroid dienone is 4. The second kappa shape index (κ2) is 4.54. The lowest BCUT2D eigenvalue weighted by molar-refractivity contribution is -0.136. The molecule has 0 N–H and O–H groups in total. The van der Waals surface area contributed by atoms with Crippen molar-refractivity contribution in [3.8, 4) is 0 Å². The van der Waals surface area contributed by atoms with Crippen molar-refractivity contribution in [2.24, 2.45) is 16.7 Å². The molecule has 0 aromatic rings. The van der Waals surface area contributed by atoms with Crippen molar-refractivity contribution in [3.63, 3.8) is 0 Å². The normalized spacial score (nSPS) is 34.1. The zero-order valence-corrected chi connectivity index (χ0v) is 13.0. The van der Waals surface area contributed by atoms with Gasteiger partial charge in [0.2, 0.25) is 11.6 Å². The highest BCUT2D eigenvalue weighted by Gasteiger charge is 2.63. The highest BCUT2D eigenvalue weighted by molar-refractivity contribution is 7.32. The third-order valence-electron chi connectivity index (χ3n) is 5.96. The van der Waals surface area contributed by atoms with Gasteiger partial charge in [0.1, 0.15) is 0 Å². The fraction of sp³-hybridized carbons (Fsp3) is 0.562. The van der Waals surface area contributed by atoms with E-state index in [0.29, 0.717) is 5.92 Å². The SMILES string of the molecule is CC1(C)C2CCC1(C(=O)C1=CC=C(P=O)C(=O)C1=O)CC2. The predicted molar refractivity (Wildman–Crippen MR) is 77.0 cm³/mol. The van der Waals surface area contributed by atoms with Crippen LogP contribution in [-0.4, -0.2) is 17.3 Å². The van der Waals surface area contributed by atoms with Gasteiger partial charge in [-0.15, -0.1) is 0 Å². The number of carbonyl (C=O) groups is 3. The van der Waals surface area contributed by atoms with Gasteiger partial charge in [-0.05, 0) is 49.2 Å². The van der Waals surface area contributed by atoms with Crippen molar-refractivity contribution in [2.45, 2.75) is 39.5 Å². The van der Waals surface area contributed by atoms with Crippen LogP contribution in [0.5, 0.6) is 0 Å². The van der Waals surface area contributed by atoms with Crippen molar-refractivity contribution in [1.29, 1.82) is 0 Å². The van der Waals surface area contributed by atoms with Gasteiger partial charge in [0, 0.05) is 5.41 Å². The van der Waals surface area contributed by atoms with E-state index in [9.17, 15) is 18.9 Å². The van der Waals surface area contributed by atoms with Crippen molar-refractivity contribution < 1.29 is 18.9 Å². The summed E-state index contributed by atoms with van der Waals surface area (Å²) in [5, 5.41) is -0.0796. The van der Waals surface area contributed by atoms with E-state index in [1.165, 1.54) is 12.2 Å². The summed E-state index contributed by atoms with van der Waals surface area (Å²) in [5.41, 5.74) is -0.669. The first-order chi connectivity index (χ1) is 9.85. The van der Waals surface area contributed by atoms with Crippen molar-refractivity contribution in [3.05, 3.63) is 23.0 Å². The summed E-state index contributed by atoms with van der Waals surface area (Å²) in [6.07, 6.45) is 6.31. The molecule has 0 aromatic carbocycles. The molecule has 0 saturated heterocycles. The zero-order chi connectivity index (χ0) is 15.4. The van der Waals surface area contributed by atoms with Gasteiger partial charge >= 0.3 is 0 Å². The Kier molecular flexibility index (Phi) is 3.14. The maximum atomic E-state index is 13.0. The summed E-state index contributed by atoms with van der Waals surface area (Å²) < 4.78 is 10.8. The summed E-state index contributed by atoms with van der Waals surface area (Å²) in [7, 11) is -0.480. The molecule has 5 heteroatoms. The molecule has 3 aliphatic rings. The molecule has 2 saturated carbocycles. The summed E-state index contributed by atoms with van der Waals surface area (Å²) in [4.78, 5) is 37.0. The molecule has 0 amide bonds. The van der Waals surface area contributed by atoms with Crippen molar-refractivity contribution >= 4 is 25.8 Å². The van der Waals surface area contributed by atoms with E-state index in [1.54, 1.807) is 0 Å². The number of fused-ring (bicyclic) bond motifs is 2. The lowest BCUT2D eigenvalue weighted by Gasteiger charge is -2.37. The highest BCUT2D eigenvalue weighted by atomic mass is 31.1. The van der Waals surface area contributed by atoms with Crippen molar-refractivity contribution in [1.82, 2.24) is 0 Å². The molecule has 0 aromatic heterocycles. The van der Waals surface area contributed by atoms with Gasteiger partial charge in [0.15, 0.2) is 14.2 Å². The molecular weight excluding hydrogens is 287 g/mol. The first kappa shape index (κ1) is 14.5. The quantitative estimate of drug-likeness (QED) is 0.348. The number of rotatable bonds is 3. The van der Waals surface area contributed by atoms with Gasteiger partial charge in [-0.1, -0.05) is 13.8 Å². The van der Waals surface area contributed by atoms with Crippen LogP contribution in [-0.2, 0) is 18.9 Å². The Bertz CT molecular complexity index is 631. The average molecular weight is 304 g/mol.